The molecule has 0 unspecified atom stereocenters. The molecule has 1 amide bonds. The Morgan fingerprint density at radius 2 is 2.14 bits per heavy atom. The van der Waals surface area contributed by atoms with Crippen molar-refractivity contribution < 1.29 is 9.53 Å². The summed E-state index contributed by atoms with van der Waals surface area (Å²) in [6, 6.07) is 9.53. The summed E-state index contributed by atoms with van der Waals surface area (Å²) in [6.45, 7) is 4.50. The molecule has 3 N–H and O–H groups in total. The highest BCUT2D eigenvalue weighted by molar-refractivity contribution is 5.90. The maximum absolute atomic E-state index is 11.4. The molecule has 0 aliphatic heterocycles. The molecule has 2 heterocycles. The van der Waals surface area contributed by atoms with Gasteiger partial charge in [0.25, 0.3) is 0 Å². The minimum absolute atomic E-state index is 0.137. The third-order valence-corrected chi connectivity index (χ3v) is 4.02. The van der Waals surface area contributed by atoms with Crippen LogP contribution in [0.3, 0.4) is 0 Å². The number of aryl methyl sites for hydroxylation is 1. The topological polar surface area (TPSA) is 116 Å². The van der Waals surface area contributed by atoms with E-state index in [0.29, 0.717) is 30.3 Å². The minimum atomic E-state index is -0.137. The van der Waals surface area contributed by atoms with Crippen LogP contribution in [0, 0.1) is 18.3 Å². The molecule has 0 atom stereocenters. The summed E-state index contributed by atoms with van der Waals surface area (Å²) in [5.41, 5.74) is 4.04. The first-order chi connectivity index (χ1) is 13.5. The molecule has 144 valence electrons. The SMILES string of the molecule is COCCNc1cc(Nc2ccc(C)c(NC(C)=O)c2)nn2c(C#N)cnc12. The van der Waals surface area contributed by atoms with Crippen LogP contribution in [0.1, 0.15) is 18.2 Å². The number of methoxy groups -OCH3 is 1. The average Bonchev–Trinajstić information content (AvgIpc) is 3.07. The number of nitrogens with zero attached hydrogens (tertiary/aromatic N) is 4. The van der Waals surface area contributed by atoms with Crippen LogP contribution in [0.15, 0.2) is 30.5 Å². The Bertz CT molecular complexity index is 1050. The maximum Gasteiger partial charge on any atom is 0.221 e. The number of carbonyl (C=O) groups excluding carboxylic acids is 1. The molecule has 0 spiro atoms. The molecule has 0 aliphatic rings. The Morgan fingerprint density at radius 1 is 1.32 bits per heavy atom. The molecule has 0 bridgehead atoms. The number of hydrogen-bond donors (Lipinski definition) is 3. The number of ether oxygens (including phenoxy) is 1. The van der Waals surface area contributed by atoms with E-state index in [1.54, 1.807) is 7.11 Å². The van der Waals surface area contributed by atoms with Crippen molar-refractivity contribution >= 4 is 34.4 Å². The number of hydrogen-bond acceptors (Lipinski definition) is 7. The van der Waals surface area contributed by atoms with Gasteiger partial charge in [-0.1, -0.05) is 6.07 Å². The van der Waals surface area contributed by atoms with Crippen LogP contribution in [0.4, 0.5) is 22.9 Å². The van der Waals surface area contributed by atoms with E-state index in [9.17, 15) is 10.1 Å². The van der Waals surface area contributed by atoms with Crippen molar-refractivity contribution in [3.8, 4) is 6.07 Å². The van der Waals surface area contributed by atoms with E-state index in [1.807, 2.05) is 31.2 Å². The monoisotopic (exact) mass is 379 g/mol. The quantitative estimate of drug-likeness (QED) is 0.540. The van der Waals surface area contributed by atoms with Crippen LogP contribution in [0.5, 0.6) is 0 Å². The van der Waals surface area contributed by atoms with Crippen LogP contribution < -0.4 is 16.0 Å². The Kier molecular flexibility index (Phi) is 5.72. The normalized spacial score (nSPS) is 10.5. The summed E-state index contributed by atoms with van der Waals surface area (Å²) in [7, 11) is 1.63. The van der Waals surface area contributed by atoms with Crippen molar-refractivity contribution in [2.24, 2.45) is 0 Å². The van der Waals surface area contributed by atoms with Crippen LogP contribution in [-0.4, -0.2) is 40.8 Å². The van der Waals surface area contributed by atoms with E-state index < -0.39 is 0 Å². The van der Waals surface area contributed by atoms with Gasteiger partial charge in [-0.05, 0) is 24.6 Å². The molecule has 0 saturated heterocycles. The predicted molar refractivity (Wildman–Crippen MR) is 107 cm³/mol. The molecule has 3 aromatic rings. The van der Waals surface area contributed by atoms with E-state index in [0.717, 1.165) is 22.6 Å². The van der Waals surface area contributed by atoms with Gasteiger partial charge in [-0.2, -0.15) is 9.78 Å². The highest BCUT2D eigenvalue weighted by Crippen LogP contribution is 2.25. The lowest BCUT2D eigenvalue weighted by Gasteiger charge is -2.13. The lowest BCUT2D eigenvalue weighted by Crippen LogP contribution is -2.11. The molecule has 28 heavy (non-hydrogen) atoms. The van der Waals surface area contributed by atoms with Crippen molar-refractivity contribution in [3.63, 3.8) is 0 Å². The molecule has 0 saturated carbocycles. The van der Waals surface area contributed by atoms with Gasteiger partial charge in [-0.25, -0.2) is 4.98 Å². The summed E-state index contributed by atoms with van der Waals surface area (Å²) in [6.07, 6.45) is 1.48. The van der Waals surface area contributed by atoms with E-state index >= 15 is 0 Å². The fourth-order valence-corrected chi connectivity index (χ4v) is 2.70. The highest BCUT2D eigenvalue weighted by atomic mass is 16.5. The summed E-state index contributed by atoms with van der Waals surface area (Å²) >= 11 is 0. The number of carbonyl (C=O) groups is 1. The molecular weight excluding hydrogens is 358 g/mol. The molecule has 3 rings (SSSR count). The van der Waals surface area contributed by atoms with Gasteiger partial charge in [0.1, 0.15) is 6.07 Å². The van der Waals surface area contributed by atoms with Crippen molar-refractivity contribution in [1.29, 1.82) is 5.26 Å². The zero-order valence-electron chi connectivity index (χ0n) is 15.9. The average molecular weight is 379 g/mol. The van der Waals surface area contributed by atoms with Gasteiger partial charge in [0.05, 0.1) is 18.5 Å². The third-order valence-electron chi connectivity index (χ3n) is 4.02. The molecule has 0 radical (unpaired) electrons. The maximum atomic E-state index is 11.4. The number of amides is 1. The lowest BCUT2D eigenvalue weighted by molar-refractivity contribution is -0.114. The summed E-state index contributed by atoms with van der Waals surface area (Å²) in [4.78, 5) is 15.7. The van der Waals surface area contributed by atoms with E-state index in [2.05, 4.69) is 32.1 Å². The van der Waals surface area contributed by atoms with Gasteiger partial charge in [0.2, 0.25) is 5.91 Å². The molecule has 1 aromatic carbocycles. The summed E-state index contributed by atoms with van der Waals surface area (Å²) in [5, 5.41) is 23.0. The Morgan fingerprint density at radius 3 is 2.86 bits per heavy atom. The standard InChI is InChI=1S/C19H21N7O2/c1-12-4-5-14(8-16(12)23-13(2)27)24-18-9-17(21-6-7-28-3)19-22-11-15(10-20)26(19)25-18/h4-5,8-9,11,21H,6-7H2,1-3H3,(H,23,27)(H,24,25). The number of nitriles is 1. The second-order valence-corrected chi connectivity index (χ2v) is 6.19. The summed E-state index contributed by atoms with van der Waals surface area (Å²) < 4.78 is 6.56. The Labute approximate surface area is 162 Å². The number of benzene rings is 1. The second kappa shape index (κ2) is 8.37. The molecule has 2 aromatic heterocycles. The van der Waals surface area contributed by atoms with Crippen LogP contribution in [0.25, 0.3) is 5.65 Å². The van der Waals surface area contributed by atoms with Gasteiger partial charge >= 0.3 is 0 Å². The zero-order chi connectivity index (χ0) is 20.1. The Balaban J connectivity index is 1.96. The van der Waals surface area contributed by atoms with Crippen molar-refractivity contribution in [3.05, 3.63) is 41.7 Å². The summed E-state index contributed by atoms with van der Waals surface area (Å²) in [5.74, 6) is 0.390. The lowest BCUT2D eigenvalue weighted by atomic mass is 10.1. The predicted octanol–water partition coefficient (Wildman–Crippen LogP) is 2.67. The van der Waals surface area contributed by atoms with Crippen LogP contribution in [-0.2, 0) is 9.53 Å². The minimum Gasteiger partial charge on any atom is -0.383 e. The van der Waals surface area contributed by atoms with Crippen molar-refractivity contribution in [2.45, 2.75) is 13.8 Å². The number of nitrogens with one attached hydrogen (secondary N) is 3. The number of fused-ring (bicyclic) bond motifs is 1. The molecule has 9 nitrogen and oxygen atoms in total. The highest BCUT2D eigenvalue weighted by Gasteiger charge is 2.12. The van der Waals surface area contributed by atoms with Gasteiger partial charge in [-0.3, -0.25) is 4.79 Å². The fraction of sp³-hybridized carbons (Fsp3) is 0.263. The first-order valence-corrected chi connectivity index (χ1v) is 8.68. The second-order valence-electron chi connectivity index (χ2n) is 6.19. The van der Waals surface area contributed by atoms with Crippen molar-refractivity contribution in [2.75, 3.05) is 36.2 Å². The van der Waals surface area contributed by atoms with E-state index in [-0.39, 0.29) is 5.91 Å². The van der Waals surface area contributed by atoms with Crippen LogP contribution >= 0.6 is 0 Å². The van der Waals surface area contributed by atoms with Crippen molar-refractivity contribution in [1.82, 2.24) is 14.6 Å². The number of imidazole rings is 1. The third kappa shape index (κ3) is 4.19. The first-order valence-electron chi connectivity index (χ1n) is 8.68. The fourth-order valence-electron chi connectivity index (χ4n) is 2.70. The number of rotatable bonds is 7. The van der Waals surface area contributed by atoms with E-state index in [1.165, 1.54) is 17.6 Å². The number of anilines is 4. The van der Waals surface area contributed by atoms with Gasteiger partial charge in [-0.15, -0.1) is 5.10 Å². The molecular formula is C19H21N7O2. The largest absolute Gasteiger partial charge is 0.383 e. The first kappa shape index (κ1) is 19.1. The molecule has 9 heteroatoms. The Hall–Kier alpha value is -3.64. The smallest absolute Gasteiger partial charge is 0.221 e. The zero-order valence-corrected chi connectivity index (χ0v) is 15.9. The van der Waals surface area contributed by atoms with Gasteiger partial charge in [0, 0.05) is 38.0 Å². The molecule has 0 fully saturated rings. The molecule has 0 aliphatic carbocycles. The van der Waals surface area contributed by atoms with Gasteiger partial charge in [0.15, 0.2) is 17.2 Å². The van der Waals surface area contributed by atoms with E-state index in [4.69, 9.17) is 4.74 Å². The number of aromatic nitrogens is 3. The van der Waals surface area contributed by atoms with Crippen LogP contribution in [0.2, 0.25) is 0 Å². The van der Waals surface area contributed by atoms with Gasteiger partial charge < -0.3 is 20.7 Å².